The molecule has 1 unspecified atom stereocenters. The lowest BCUT2D eigenvalue weighted by Gasteiger charge is -2.22. The Kier molecular flexibility index (Phi) is 7.58. The predicted octanol–water partition coefficient (Wildman–Crippen LogP) is 6.31. The first kappa shape index (κ1) is 25.2. The van der Waals surface area contributed by atoms with Crippen LogP contribution in [0.15, 0.2) is 54.6 Å². The van der Waals surface area contributed by atoms with Crippen LogP contribution >= 0.6 is 0 Å². The number of ether oxygens (including phenoxy) is 1. The van der Waals surface area contributed by atoms with Crippen LogP contribution in [0.25, 0.3) is 16.7 Å². The molecule has 1 amide bonds. The number of hydrogen-bond donors (Lipinski definition) is 1. The third kappa shape index (κ3) is 5.35. The highest BCUT2D eigenvalue weighted by atomic mass is 16.5. The van der Waals surface area contributed by atoms with Gasteiger partial charge in [-0.25, -0.2) is 0 Å². The molecule has 4 rings (SSSR count). The first-order valence-corrected chi connectivity index (χ1v) is 12.6. The van der Waals surface area contributed by atoms with E-state index in [2.05, 4.69) is 56.1 Å². The van der Waals surface area contributed by atoms with E-state index in [1.807, 2.05) is 38.1 Å². The van der Waals surface area contributed by atoms with Crippen molar-refractivity contribution < 1.29 is 9.53 Å². The molecule has 0 spiro atoms. The van der Waals surface area contributed by atoms with Gasteiger partial charge < -0.3 is 15.0 Å². The van der Waals surface area contributed by atoms with E-state index in [0.29, 0.717) is 17.0 Å². The van der Waals surface area contributed by atoms with Crippen molar-refractivity contribution in [3.05, 3.63) is 71.3 Å². The van der Waals surface area contributed by atoms with Crippen molar-refractivity contribution in [2.24, 2.45) is 0 Å². The van der Waals surface area contributed by atoms with Crippen LogP contribution in [0.2, 0.25) is 0 Å². The second-order valence-electron chi connectivity index (χ2n) is 9.11. The Balaban J connectivity index is 1.58. The van der Waals surface area contributed by atoms with Gasteiger partial charge in [0.1, 0.15) is 16.8 Å². The number of carbonyl (C=O) groups excluding carboxylic acids is 1. The summed E-state index contributed by atoms with van der Waals surface area (Å²) in [6.45, 7) is 14.4. The fourth-order valence-corrected chi connectivity index (χ4v) is 4.18. The van der Waals surface area contributed by atoms with Crippen LogP contribution in [0.4, 0.5) is 11.4 Å². The molecule has 1 heterocycles. The molecule has 188 valence electrons. The minimum Gasteiger partial charge on any atom is -0.491 e. The second kappa shape index (κ2) is 10.8. The number of fused-ring (bicyclic) bond motifs is 1. The highest BCUT2D eigenvalue weighted by Gasteiger charge is 2.14. The fourth-order valence-electron chi connectivity index (χ4n) is 4.18. The summed E-state index contributed by atoms with van der Waals surface area (Å²) in [5.74, 6) is 0.497. The molecule has 0 saturated carbocycles. The number of aryl methyl sites for hydroxylation is 2. The maximum Gasteiger partial charge on any atom is 0.255 e. The molecule has 36 heavy (non-hydrogen) atoms. The van der Waals surface area contributed by atoms with Crippen LogP contribution in [0.3, 0.4) is 0 Å². The number of benzene rings is 3. The monoisotopic (exact) mass is 485 g/mol. The van der Waals surface area contributed by atoms with Gasteiger partial charge in [-0.1, -0.05) is 13.0 Å². The van der Waals surface area contributed by atoms with Crippen molar-refractivity contribution in [1.82, 2.24) is 15.0 Å². The van der Waals surface area contributed by atoms with Gasteiger partial charge in [0.25, 0.3) is 5.91 Å². The van der Waals surface area contributed by atoms with E-state index < -0.39 is 0 Å². The molecule has 1 aromatic heterocycles. The minimum absolute atomic E-state index is 0.0904. The molecule has 0 radical (unpaired) electrons. The zero-order valence-corrected chi connectivity index (χ0v) is 22.0. The zero-order chi connectivity index (χ0) is 25.8. The molecular formula is C29H35N5O2. The summed E-state index contributed by atoms with van der Waals surface area (Å²) < 4.78 is 5.87. The number of carbonyl (C=O) groups is 1. The Morgan fingerprint density at radius 1 is 0.972 bits per heavy atom. The Morgan fingerprint density at radius 3 is 2.36 bits per heavy atom. The number of nitrogens with zero attached hydrogens (tertiary/aromatic N) is 4. The normalized spacial score (nSPS) is 11.9. The van der Waals surface area contributed by atoms with Crippen LogP contribution in [0.5, 0.6) is 5.75 Å². The van der Waals surface area contributed by atoms with E-state index in [0.717, 1.165) is 47.4 Å². The molecule has 0 fully saturated rings. The standard InChI is InChI=1S/C29H35N5O2/c1-7-21(6)36-24-12-10-11-22(17-24)29(35)30-25-18-27-26(16-19(25)4)31-34(32-27)28-14-13-23(15-20(28)5)33(8-2)9-3/h10-18,21H,7-9H2,1-6H3,(H,30,35). The van der Waals surface area contributed by atoms with Crippen molar-refractivity contribution in [3.8, 4) is 11.4 Å². The summed E-state index contributed by atoms with van der Waals surface area (Å²) >= 11 is 0. The Morgan fingerprint density at radius 2 is 1.69 bits per heavy atom. The molecule has 4 aromatic rings. The lowest BCUT2D eigenvalue weighted by Crippen LogP contribution is -2.21. The van der Waals surface area contributed by atoms with E-state index in [1.54, 1.807) is 16.9 Å². The molecule has 0 aliphatic carbocycles. The first-order valence-electron chi connectivity index (χ1n) is 12.6. The number of rotatable bonds is 9. The van der Waals surface area contributed by atoms with Gasteiger partial charge in [-0.15, -0.1) is 10.2 Å². The maximum absolute atomic E-state index is 13.0. The summed E-state index contributed by atoms with van der Waals surface area (Å²) in [5, 5.41) is 12.5. The summed E-state index contributed by atoms with van der Waals surface area (Å²) in [6, 6.07) is 17.4. The molecule has 1 N–H and O–H groups in total. The fraction of sp³-hybridized carbons (Fsp3) is 0.345. The van der Waals surface area contributed by atoms with Crippen molar-refractivity contribution >= 4 is 28.3 Å². The highest BCUT2D eigenvalue weighted by Crippen LogP contribution is 2.26. The summed E-state index contributed by atoms with van der Waals surface area (Å²) in [6.07, 6.45) is 0.989. The Hall–Kier alpha value is -3.87. The van der Waals surface area contributed by atoms with E-state index in [1.165, 1.54) is 5.69 Å². The van der Waals surface area contributed by atoms with E-state index >= 15 is 0 Å². The second-order valence-corrected chi connectivity index (χ2v) is 9.11. The first-order chi connectivity index (χ1) is 17.3. The number of nitrogens with one attached hydrogen (secondary N) is 1. The quantitative estimate of drug-likeness (QED) is 0.301. The van der Waals surface area contributed by atoms with Crippen LogP contribution in [0.1, 0.15) is 55.6 Å². The smallest absolute Gasteiger partial charge is 0.255 e. The average molecular weight is 486 g/mol. The maximum atomic E-state index is 13.0. The molecule has 1 atom stereocenters. The third-order valence-corrected chi connectivity index (χ3v) is 6.51. The molecule has 7 nitrogen and oxygen atoms in total. The number of aromatic nitrogens is 3. The summed E-state index contributed by atoms with van der Waals surface area (Å²) in [5.41, 5.74) is 6.90. The molecule has 7 heteroatoms. The lowest BCUT2D eigenvalue weighted by atomic mass is 10.1. The van der Waals surface area contributed by atoms with E-state index in [-0.39, 0.29) is 12.0 Å². The van der Waals surface area contributed by atoms with Crippen molar-refractivity contribution in [2.75, 3.05) is 23.3 Å². The van der Waals surface area contributed by atoms with Gasteiger partial charge in [-0.05, 0) is 101 Å². The van der Waals surface area contributed by atoms with E-state index in [9.17, 15) is 4.79 Å². The number of hydrogen-bond acceptors (Lipinski definition) is 5. The minimum atomic E-state index is -0.192. The van der Waals surface area contributed by atoms with Crippen LogP contribution in [-0.2, 0) is 0 Å². The van der Waals surface area contributed by atoms with Gasteiger partial charge in [-0.3, -0.25) is 4.79 Å². The van der Waals surface area contributed by atoms with E-state index in [4.69, 9.17) is 14.9 Å². The lowest BCUT2D eigenvalue weighted by molar-refractivity contribution is 0.102. The largest absolute Gasteiger partial charge is 0.491 e. The van der Waals surface area contributed by atoms with Crippen molar-refractivity contribution in [3.63, 3.8) is 0 Å². The van der Waals surface area contributed by atoms with Crippen LogP contribution in [-0.4, -0.2) is 40.1 Å². The van der Waals surface area contributed by atoms with Gasteiger partial charge in [0.05, 0.1) is 11.8 Å². The molecule has 0 bridgehead atoms. The topological polar surface area (TPSA) is 72.3 Å². The molecule has 3 aromatic carbocycles. The molecule has 0 aliphatic heterocycles. The SMILES string of the molecule is CCC(C)Oc1cccc(C(=O)Nc2cc3nn(-c4ccc(N(CC)CC)cc4C)nc3cc2C)c1. The molecule has 0 aliphatic rings. The van der Waals surface area contributed by atoms with Gasteiger partial charge in [0, 0.05) is 30.0 Å². The highest BCUT2D eigenvalue weighted by molar-refractivity contribution is 6.05. The zero-order valence-electron chi connectivity index (χ0n) is 22.0. The Labute approximate surface area is 213 Å². The molecule has 0 saturated heterocycles. The average Bonchev–Trinajstić information content (AvgIpc) is 3.27. The van der Waals surface area contributed by atoms with Crippen LogP contribution < -0.4 is 15.0 Å². The number of anilines is 2. The predicted molar refractivity (Wildman–Crippen MR) is 147 cm³/mol. The molecular weight excluding hydrogens is 450 g/mol. The summed E-state index contributed by atoms with van der Waals surface area (Å²) in [7, 11) is 0. The Bertz CT molecular complexity index is 1370. The van der Waals surface area contributed by atoms with Gasteiger partial charge >= 0.3 is 0 Å². The van der Waals surface area contributed by atoms with Gasteiger partial charge in [0.2, 0.25) is 0 Å². The van der Waals surface area contributed by atoms with Gasteiger partial charge in [0.15, 0.2) is 0 Å². The summed E-state index contributed by atoms with van der Waals surface area (Å²) in [4.78, 5) is 17.0. The third-order valence-electron chi connectivity index (χ3n) is 6.51. The van der Waals surface area contributed by atoms with Crippen molar-refractivity contribution in [2.45, 2.75) is 54.1 Å². The van der Waals surface area contributed by atoms with Gasteiger partial charge in [-0.2, -0.15) is 4.80 Å². The van der Waals surface area contributed by atoms with Crippen LogP contribution in [0, 0.1) is 13.8 Å². The number of amides is 1. The van der Waals surface area contributed by atoms with Crippen molar-refractivity contribution in [1.29, 1.82) is 0 Å².